The van der Waals surface area contributed by atoms with Crippen LogP contribution in [-0.2, 0) is 0 Å². The molecule has 0 spiro atoms. The molecule has 17 heavy (non-hydrogen) atoms. The molecule has 0 bridgehead atoms. The highest BCUT2D eigenvalue weighted by Crippen LogP contribution is 2.09. The van der Waals surface area contributed by atoms with E-state index in [1.165, 1.54) is 10.9 Å². The lowest BCUT2D eigenvalue weighted by Crippen LogP contribution is -1.61. The van der Waals surface area contributed by atoms with Gasteiger partial charge in [0.1, 0.15) is 0 Å². The smallest absolute Gasteiger partial charge is 0.0453 e. The molecule has 2 aromatic heterocycles. The first-order valence-electron chi connectivity index (χ1n) is 5.48. The van der Waals surface area contributed by atoms with Gasteiger partial charge in [-0.15, -0.1) is 0 Å². The van der Waals surface area contributed by atoms with Crippen LogP contribution in [0, 0.1) is 0 Å². The maximum Gasteiger partial charge on any atom is 0.0453 e. The van der Waals surface area contributed by atoms with E-state index in [1.807, 2.05) is 55.3 Å². The van der Waals surface area contributed by atoms with Crippen molar-refractivity contribution in [3.05, 3.63) is 73.5 Å². The molecule has 0 radical (unpaired) electrons. The summed E-state index contributed by atoms with van der Waals surface area (Å²) in [7, 11) is 0. The van der Waals surface area contributed by atoms with Crippen LogP contribution in [-0.4, -0.2) is 9.97 Å². The largest absolute Gasteiger partial charge is 0.368 e. The van der Waals surface area contributed by atoms with Gasteiger partial charge in [-0.2, -0.15) is 0 Å². The fraction of sp³-hybridized carbons (Fsp3) is 0. The van der Waals surface area contributed by atoms with Crippen LogP contribution in [0.4, 0.5) is 0 Å². The monoisotopic (exact) mass is 225 g/mol. The van der Waals surface area contributed by atoms with Gasteiger partial charge >= 0.3 is 0 Å². The molecule has 0 aliphatic carbocycles. The fourth-order valence-electron chi connectivity index (χ4n) is 1.27. The van der Waals surface area contributed by atoms with Crippen molar-refractivity contribution in [3.8, 4) is 0 Å². The van der Waals surface area contributed by atoms with Crippen molar-refractivity contribution >= 4 is 10.9 Å². The number of para-hydroxylation sites is 1. The second kappa shape index (κ2) is 6.23. The van der Waals surface area contributed by atoms with Crippen molar-refractivity contribution in [2.24, 2.45) is 0 Å². The minimum atomic E-state index is 1.21. The second-order valence-corrected chi connectivity index (χ2v) is 3.45. The zero-order chi connectivity index (χ0) is 11.8. The van der Waals surface area contributed by atoms with Crippen LogP contribution in [0.1, 0.15) is 0 Å². The summed E-state index contributed by atoms with van der Waals surface area (Å²) in [6.07, 6.45) is 9.45. The number of nitrogens with one attached hydrogen (secondary N) is 3. The van der Waals surface area contributed by atoms with E-state index in [4.69, 9.17) is 0 Å². The Kier molecular flexibility index (Phi) is 4.06. The first-order chi connectivity index (χ1) is 8.47. The van der Waals surface area contributed by atoms with Gasteiger partial charge in [0.25, 0.3) is 0 Å². The molecule has 3 N–H and O–H groups in total. The first kappa shape index (κ1) is 11.1. The van der Waals surface area contributed by atoms with Gasteiger partial charge in [-0.25, -0.2) is 0 Å². The van der Waals surface area contributed by atoms with E-state index in [-0.39, 0.29) is 0 Å². The van der Waals surface area contributed by atoms with Crippen LogP contribution >= 0.6 is 0 Å². The quantitative estimate of drug-likeness (QED) is 0.540. The molecule has 3 nitrogen and oxygen atoms in total. The minimum Gasteiger partial charge on any atom is -0.368 e. The van der Waals surface area contributed by atoms with Crippen molar-refractivity contribution in [1.82, 2.24) is 15.3 Å². The molecule has 4 rings (SSSR count). The Bertz CT molecular complexity index is 498. The van der Waals surface area contributed by atoms with Crippen LogP contribution in [0.25, 0.3) is 10.9 Å². The molecule has 0 saturated carbocycles. The molecule has 0 unspecified atom stereocenters. The third kappa shape index (κ3) is 4.30. The number of aromatic amines is 2. The number of hydrogen-bond donors (Lipinski definition) is 3. The van der Waals surface area contributed by atoms with Gasteiger partial charge in [0.05, 0.1) is 0 Å². The Balaban J connectivity index is 0.000000113. The van der Waals surface area contributed by atoms with E-state index in [0.29, 0.717) is 0 Å². The average Bonchev–Trinajstić information content (AvgIpc) is 3.01. The number of benzene rings is 1. The Morgan fingerprint density at radius 3 is 1.94 bits per heavy atom. The van der Waals surface area contributed by atoms with E-state index in [2.05, 4.69) is 33.5 Å². The van der Waals surface area contributed by atoms with Crippen molar-refractivity contribution < 1.29 is 0 Å². The van der Waals surface area contributed by atoms with E-state index >= 15 is 0 Å². The van der Waals surface area contributed by atoms with Crippen LogP contribution in [0.15, 0.2) is 73.5 Å². The van der Waals surface area contributed by atoms with Gasteiger partial charge in [0, 0.05) is 36.5 Å². The van der Waals surface area contributed by atoms with E-state index in [1.54, 1.807) is 0 Å². The van der Waals surface area contributed by atoms with E-state index < -0.39 is 0 Å². The zero-order valence-electron chi connectivity index (χ0n) is 9.43. The molecule has 1 aliphatic heterocycles. The topological polar surface area (TPSA) is 53.5 Å². The highest BCUT2D eigenvalue weighted by molar-refractivity contribution is 5.78. The molecule has 86 valence electrons. The number of hydrogen-bond acceptors (Lipinski definition) is 1. The Morgan fingerprint density at radius 1 is 0.706 bits per heavy atom. The van der Waals surface area contributed by atoms with Gasteiger partial charge < -0.3 is 15.3 Å². The molecular formula is C14H15N3. The maximum absolute atomic E-state index is 3.12. The zero-order valence-corrected chi connectivity index (χ0v) is 9.43. The van der Waals surface area contributed by atoms with Crippen molar-refractivity contribution in [2.45, 2.75) is 0 Å². The summed E-state index contributed by atoms with van der Waals surface area (Å²) in [5.41, 5.74) is 1.21. The molecule has 0 amide bonds. The molecule has 3 aromatic rings. The SMILES string of the molecule is C1=CN1.c1cc[nH]c1.c1ccc2[nH]ccc2c1. The maximum atomic E-state index is 3.12. The fourth-order valence-corrected chi connectivity index (χ4v) is 1.27. The summed E-state index contributed by atoms with van der Waals surface area (Å²) in [4.78, 5) is 5.98. The van der Waals surface area contributed by atoms with Crippen molar-refractivity contribution in [2.75, 3.05) is 0 Å². The summed E-state index contributed by atoms with van der Waals surface area (Å²) in [6.45, 7) is 0. The van der Waals surface area contributed by atoms with Gasteiger partial charge in [0.15, 0.2) is 0 Å². The molecular weight excluding hydrogens is 210 g/mol. The molecule has 0 saturated heterocycles. The van der Waals surface area contributed by atoms with E-state index in [9.17, 15) is 0 Å². The first-order valence-corrected chi connectivity index (χ1v) is 5.48. The molecule has 0 atom stereocenters. The molecule has 1 aromatic carbocycles. The molecule has 0 fully saturated rings. The van der Waals surface area contributed by atoms with Crippen molar-refractivity contribution in [1.29, 1.82) is 0 Å². The average molecular weight is 225 g/mol. The lowest BCUT2D eigenvalue weighted by molar-refractivity contribution is 1.42. The normalized spacial score (nSPS) is 10.6. The molecule has 3 heteroatoms. The third-order valence-electron chi connectivity index (χ3n) is 2.13. The van der Waals surface area contributed by atoms with Crippen LogP contribution in [0.2, 0.25) is 0 Å². The third-order valence-corrected chi connectivity index (χ3v) is 2.13. The Morgan fingerprint density at radius 2 is 1.41 bits per heavy atom. The van der Waals surface area contributed by atoms with Gasteiger partial charge in [0.2, 0.25) is 0 Å². The molecule has 3 heterocycles. The highest BCUT2D eigenvalue weighted by atomic mass is 14.9. The van der Waals surface area contributed by atoms with Crippen LogP contribution in [0.5, 0.6) is 0 Å². The Labute approximate surface area is 100 Å². The lowest BCUT2D eigenvalue weighted by Gasteiger charge is -1.83. The standard InChI is InChI=1S/C8H7N.C4H5N.C2H3N/c1-2-4-8-7(3-1)5-6-9-8;1-2-4-5-3-1;1-2-3-1/h1-6,9H;1-5H;1-3H. The van der Waals surface area contributed by atoms with Gasteiger partial charge in [-0.3, -0.25) is 0 Å². The number of aromatic nitrogens is 2. The second-order valence-electron chi connectivity index (χ2n) is 3.45. The minimum absolute atomic E-state index is 1.21. The number of fused-ring (bicyclic) bond motifs is 1. The summed E-state index contributed by atoms with van der Waals surface area (Å²) in [6, 6.07) is 14.2. The van der Waals surface area contributed by atoms with Crippen LogP contribution < -0.4 is 5.32 Å². The van der Waals surface area contributed by atoms with Gasteiger partial charge in [-0.1, -0.05) is 18.2 Å². The Hall–Kier alpha value is -2.42. The van der Waals surface area contributed by atoms with Crippen LogP contribution in [0.3, 0.4) is 0 Å². The molecule has 1 aliphatic rings. The van der Waals surface area contributed by atoms with E-state index in [0.717, 1.165) is 0 Å². The number of rotatable bonds is 0. The van der Waals surface area contributed by atoms with Gasteiger partial charge in [-0.05, 0) is 29.7 Å². The predicted molar refractivity (Wildman–Crippen MR) is 71.4 cm³/mol. The summed E-state index contributed by atoms with van der Waals surface area (Å²) in [5.74, 6) is 0. The number of H-pyrrole nitrogens is 2. The highest BCUT2D eigenvalue weighted by Gasteiger charge is 1.86. The van der Waals surface area contributed by atoms with Crippen molar-refractivity contribution in [3.63, 3.8) is 0 Å². The summed E-state index contributed by atoms with van der Waals surface area (Å²) >= 11 is 0. The summed E-state index contributed by atoms with van der Waals surface area (Å²) in [5, 5.41) is 4.03. The summed E-state index contributed by atoms with van der Waals surface area (Å²) < 4.78 is 0. The predicted octanol–water partition coefficient (Wildman–Crippen LogP) is 3.24. The lowest BCUT2D eigenvalue weighted by atomic mass is 10.3.